The Balaban J connectivity index is 1.70. The van der Waals surface area contributed by atoms with Crippen LogP contribution in [0.4, 0.5) is 11.4 Å². The highest BCUT2D eigenvalue weighted by Gasteiger charge is 2.05. The summed E-state index contributed by atoms with van der Waals surface area (Å²) >= 11 is 0. The first-order valence-electron chi connectivity index (χ1n) is 13.8. The Bertz CT molecular complexity index is 656. The van der Waals surface area contributed by atoms with Gasteiger partial charge in [-0.15, -0.1) is 0 Å². The van der Waals surface area contributed by atoms with Gasteiger partial charge in [0.1, 0.15) is 0 Å². The summed E-state index contributed by atoms with van der Waals surface area (Å²) in [5, 5.41) is 7.33. The van der Waals surface area contributed by atoms with Crippen LogP contribution >= 0.6 is 0 Å². The molecule has 184 valence electrons. The molecule has 2 aromatic carbocycles. The van der Waals surface area contributed by atoms with Gasteiger partial charge in [0.15, 0.2) is 0 Å². The maximum atomic E-state index is 3.67. The topological polar surface area (TPSA) is 24.1 Å². The Morgan fingerprint density at radius 2 is 0.879 bits per heavy atom. The number of nitrogens with one attached hydrogen (secondary N) is 2. The highest BCUT2D eigenvalue weighted by molar-refractivity contribution is 5.48. The molecule has 2 atom stereocenters. The van der Waals surface area contributed by atoms with E-state index in [0.29, 0.717) is 12.1 Å². The van der Waals surface area contributed by atoms with E-state index in [4.69, 9.17) is 0 Å². The molecular weight excluding hydrogens is 400 g/mol. The number of hydrogen-bond acceptors (Lipinski definition) is 2. The molecule has 2 heteroatoms. The molecule has 33 heavy (non-hydrogen) atoms. The lowest BCUT2D eigenvalue weighted by molar-refractivity contribution is 0.578. The number of rotatable bonds is 18. The SMILES string of the molecule is CCCCCCCC(C)Nc1ccc(Cc2ccc(NC(C)CCCCCCC)cc2)cc1. The van der Waals surface area contributed by atoms with Crippen molar-refractivity contribution in [3.8, 4) is 0 Å². The van der Waals surface area contributed by atoms with Gasteiger partial charge in [-0.1, -0.05) is 102 Å². The van der Waals surface area contributed by atoms with Crippen LogP contribution in [0.15, 0.2) is 48.5 Å². The minimum atomic E-state index is 0.538. The molecule has 2 nitrogen and oxygen atoms in total. The van der Waals surface area contributed by atoms with E-state index < -0.39 is 0 Å². The van der Waals surface area contributed by atoms with Crippen LogP contribution in [0.5, 0.6) is 0 Å². The van der Waals surface area contributed by atoms with Gasteiger partial charge in [0.05, 0.1) is 0 Å². The molecule has 0 aliphatic rings. The fourth-order valence-corrected chi connectivity index (χ4v) is 4.49. The zero-order chi connectivity index (χ0) is 23.7. The third-order valence-electron chi connectivity index (χ3n) is 6.62. The van der Waals surface area contributed by atoms with Crippen LogP contribution in [-0.2, 0) is 6.42 Å². The van der Waals surface area contributed by atoms with Crippen LogP contribution in [0.3, 0.4) is 0 Å². The molecule has 2 aromatic rings. The van der Waals surface area contributed by atoms with Crippen molar-refractivity contribution in [2.24, 2.45) is 0 Å². The largest absolute Gasteiger partial charge is 0.383 e. The van der Waals surface area contributed by atoms with Gasteiger partial charge >= 0.3 is 0 Å². The maximum absolute atomic E-state index is 3.67. The molecular formula is C31H50N2. The second-order valence-corrected chi connectivity index (χ2v) is 10.1. The first-order valence-corrected chi connectivity index (χ1v) is 13.8. The highest BCUT2D eigenvalue weighted by Crippen LogP contribution is 2.19. The fraction of sp³-hybridized carbons (Fsp3) is 0.613. The Labute approximate surface area is 205 Å². The summed E-state index contributed by atoms with van der Waals surface area (Å²) in [5.41, 5.74) is 5.22. The molecule has 0 aromatic heterocycles. The first-order chi connectivity index (χ1) is 16.1. The normalized spacial score (nSPS) is 13.0. The standard InChI is InChI=1S/C31H50N2/c1-5-7-9-11-13-15-26(3)32-30-21-17-28(18-22-30)25-29-19-23-31(24-20-29)33-27(4)16-14-12-10-8-6-2/h17-24,26-27,32-33H,5-16,25H2,1-4H3. The monoisotopic (exact) mass is 450 g/mol. The van der Waals surface area contributed by atoms with Gasteiger partial charge in [0.25, 0.3) is 0 Å². The smallest absolute Gasteiger partial charge is 0.0342 e. The van der Waals surface area contributed by atoms with E-state index in [9.17, 15) is 0 Å². The number of hydrogen-bond donors (Lipinski definition) is 2. The maximum Gasteiger partial charge on any atom is 0.0342 e. The van der Waals surface area contributed by atoms with Crippen LogP contribution in [-0.4, -0.2) is 12.1 Å². The second-order valence-electron chi connectivity index (χ2n) is 10.1. The van der Waals surface area contributed by atoms with Crippen molar-refractivity contribution in [3.63, 3.8) is 0 Å². The molecule has 0 saturated carbocycles. The third-order valence-corrected chi connectivity index (χ3v) is 6.62. The van der Waals surface area contributed by atoms with E-state index in [1.165, 1.54) is 99.6 Å². The molecule has 0 amide bonds. The third kappa shape index (κ3) is 12.2. The van der Waals surface area contributed by atoms with Crippen LogP contribution in [0, 0.1) is 0 Å². The Hall–Kier alpha value is -1.96. The van der Waals surface area contributed by atoms with Crippen LogP contribution in [0.1, 0.15) is 116 Å². The average molecular weight is 451 g/mol. The fourth-order valence-electron chi connectivity index (χ4n) is 4.49. The summed E-state index contributed by atoms with van der Waals surface area (Å²) in [7, 11) is 0. The summed E-state index contributed by atoms with van der Waals surface area (Å²) in [5.74, 6) is 0. The molecule has 0 radical (unpaired) electrons. The summed E-state index contributed by atoms with van der Waals surface area (Å²) in [6.45, 7) is 9.16. The van der Waals surface area contributed by atoms with Crippen molar-refractivity contribution in [2.75, 3.05) is 10.6 Å². The summed E-state index contributed by atoms with van der Waals surface area (Å²) in [6, 6.07) is 19.1. The van der Waals surface area contributed by atoms with E-state index >= 15 is 0 Å². The molecule has 0 bridgehead atoms. The predicted molar refractivity (Wildman–Crippen MR) is 149 cm³/mol. The van der Waals surface area contributed by atoms with E-state index in [1.54, 1.807) is 0 Å². The number of benzene rings is 2. The van der Waals surface area contributed by atoms with Crippen molar-refractivity contribution in [3.05, 3.63) is 59.7 Å². The van der Waals surface area contributed by atoms with E-state index in [0.717, 1.165) is 6.42 Å². The molecule has 0 fully saturated rings. The zero-order valence-corrected chi connectivity index (χ0v) is 22.0. The van der Waals surface area contributed by atoms with E-state index in [1.807, 2.05) is 0 Å². The van der Waals surface area contributed by atoms with Crippen molar-refractivity contribution in [1.82, 2.24) is 0 Å². The Kier molecular flexibility index (Phi) is 13.7. The van der Waals surface area contributed by atoms with Crippen LogP contribution in [0.2, 0.25) is 0 Å². The number of anilines is 2. The molecule has 0 aliphatic heterocycles. The lowest BCUT2D eigenvalue weighted by atomic mass is 10.0. The van der Waals surface area contributed by atoms with Gasteiger partial charge in [0, 0.05) is 23.5 Å². The molecule has 2 unspecified atom stereocenters. The van der Waals surface area contributed by atoms with Crippen molar-refractivity contribution >= 4 is 11.4 Å². The van der Waals surface area contributed by atoms with Crippen molar-refractivity contribution < 1.29 is 0 Å². The zero-order valence-electron chi connectivity index (χ0n) is 22.0. The van der Waals surface area contributed by atoms with Crippen LogP contribution < -0.4 is 10.6 Å². The Morgan fingerprint density at radius 1 is 0.515 bits per heavy atom. The Morgan fingerprint density at radius 3 is 1.24 bits per heavy atom. The van der Waals surface area contributed by atoms with Crippen molar-refractivity contribution in [1.29, 1.82) is 0 Å². The van der Waals surface area contributed by atoms with Gasteiger partial charge in [-0.05, 0) is 68.5 Å². The van der Waals surface area contributed by atoms with Crippen molar-refractivity contribution in [2.45, 2.75) is 123 Å². The summed E-state index contributed by atoms with van der Waals surface area (Å²) in [6.07, 6.45) is 17.0. The molecule has 2 N–H and O–H groups in total. The lowest BCUT2D eigenvalue weighted by Crippen LogP contribution is -2.14. The number of unbranched alkanes of at least 4 members (excludes halogenated alkanes) is 8. The first kappa shape index (κ1) is 27.3. The molecule has 0 saturated heterocycles. The van der Waals surface area contributed by atoms with Gasteiger partial charge in [-0.3, -0.25) is 0 Å². The summed E-state index contributed by atoms with van der Waals surface area (Å²) in [4.78, 5) is 0. The molecule has 2 rings (SSSR count). The second kappa shape index (κ2) is 16.6. The lowest BCUT2D eigenvalue weighted by Gasteiger charge is -2.16. The molecule has 0 aliphatic carbocycles. The molecule has 0 heterocycles. The average Bonchev–Trinajstić information content (AvgIpc) is 2.81. The van der Waals surface area contributed by atoms with E-state index in [2.05, 4.69) is 86.9 Å². The van der Waals surface area contributed by atoms with Gasteiger partial charge in [0.2, 0.25) is 0 Å². The minimum absolute atomic E-state index is 0.538. The highest BCUT2D eigenvalue weighted by atomic mass is 14.9. The van der Waals surface area contributed by atoms with Crippen LogP contribution in [0.25, 0.3) is 0 Å². The van der Waals surface area contributed by atoms with Gasteiger partial charge in [-0.2, -0.15) is 0 Å². The van der Waals surface area contributed by atoms with Gasteiger partial charge in [-0.25, -0.2) is 0 Å². The van der Waals surface area contributed by atoms with E-state index in [-0.39, 0.29) is 0 Å². The summed E-state index contributed by atoms with van der Waals surface area (Å²) < 4.78 is 0. The van der Waals surface area contributed by atoms with Gasteiger partial charge < -0.3 is 10.6 Å². The quantitative estimate of drug-likeness (QED) is 0.221. The molecule has 0 spiro atoms. The minimum Gasteiger partial charge on any atom is -0.383 e. The predicted octanol–water partition coefficient (Wildman–Crippen LogP) is 9.60.